The van der Waals surface area contributed by atoms with Gasteiger partial charge < -0.3 is 0 Å². The van der Waals surface area contributed by atoms with E-state index in [4.69, 9.17) is 9.97 Å². The molecule has 38 bridgehead atoms. The highest BCUT2D eigenvalue weighted by molar-refractivity contribution is 5.84. The third-order valence-corrected chi connectivity index (χ3v) is 23.0. The second-order valence-electron chi connectivity index (χ2n) is 30.2. The lowest BCUT2D eigenvalue weighted by atomic mass is 9.95. The van der Waals surface area contributed by atoms with Crippen molar-refractivity contribution in [2.75, 3.05) is 0 Å². The Bertz CT molecular complexity index is 5950. The third kappa shape index (κ3) is 15.4. The summed E-state index contributed by atoms with van der Waals surface area (Å²) in [5, 5.41) is 0. The zero-order chi connectivity index (χ0) is 78.5. The van der Waals surface area contributed by atoms with Crippen LogP contribution in [0.25, 0.3) is 201 Å². The van der Waals surface area contributed by atoms with Crippen LogP contribution in [0.5, 0.6) is 0 Å². The minimum atomic E-state index is 0.937. The van der Waals surface area contributed by atoms with Crippen molar-refractivity contribution in [1.29, 1.82) is 0 Å². The molecule has 19 aromatic rings. The molecule has 0 amide bonds. The van der Waals surface area contributed by atoms with Gasteiger partial charge in [0.1, 0.15) is 0 Å². The number of rotatable bonds is 0. The van der Waals surface area contributed by atoms with E-state index in [1.807, 2.05) is 12.4 Å². The monoisotopic (exact) mass is 1490 g/mol. The lowest BCUT2D eigenvalue weighted by Crippen LogP contribution is -1.88. The van der Waals surface area contributed by atoms with Crippen molar-refractivity contribution in [3.63, 3.8) is 0 Å². The second-order valence-corrected chi connectivity index (χ2v) is 30.2. The molecule has 0 fully saturated rings. The van der Waals surface area contributed by atoms with Gasteiger partial charge in [-0.3, -0.25) is 9.97 Å². The van der Waals surface area contributed by atoms with Gasteiger partial charge in [0.2, 0.25) is 0 Å². The summed E-state index contributed by atoms with van der Waals surface area (Å²) in [6.07, 6.45) is 3.92. The van der Waals surface area contributed by atoms with Crippen LogP contribution in [0.15, 0.2) is 449 Å². The number of aromatic nitrogens is 2. The molecule has 0 saturated carbocycles. The van der Waals surface area contributed by atoms with Crippen LogP contribution in [0.4, 0.5) is 0 Å². The molecule has 39 aliphatic rings. The first-order valence-corrected chi connectivity index (χ1v) is 40.1. The van der Waals surface area contributed by atoms with Crippen molar-refractivity contribution in [2.45, 2.75) is 0 Å². The Labute approximate surface area is 689 Å². The van der Waals surface area contributed by atoms with Gasteiger partial charge in [-0.15, -0.1) is 0 Å². The first-order chi connectivity index (χ1) is 58.3. The molecule has 8 aliphatic heterocycles. The Morgan fingerprint density at radius 3 is 0.322 bits per heavy atom. The highest BCUT2D eigenvalue weighted by atomic mass is 14.7. The van der Waals surface area contributed by atoms with Gasteiger partial charge in [0.25, 0.3) is 0 Å². The van der Waals surface area contributed by atoms with Crippen molar-refractivity contribution in [2.24, 2.45) is 0 Å². The van der Waals surface area contributed by atoms with Gasteiger partial charge in [-0.2, -0.15) is 0 Å². The highest BCUT2D eigenvalue weighted by Gasteiger charge is 2.14. The molecule has 0 unspecified atom stereocenters. The second kappa shape index (κ2) is 32.0. The van der Waals surface area contributed by atoms with Gasteiger partial charge in [0.05, 0.1) is 11.4 Å². The van der Waals surface area contributed by atoms with E-state index in [9.17, 15) is 0 Å². The van der Waals surface area contributed by atoms with Gasteiger partial charge in [0, 0.05) is 45.8 Å². The smallest absolute Gasteiger partial charge is 0.0702 e. The molecule has 0 N–H and O–H groups in total. The fourth-order valence-corrected chi connectivity index (χ4v) is 16.0. The minimum absolute atomic E-state index is 0.937. The van der Waals surface area contributed by atoms with Crippen molar-refractivity contribution in [1.82, 2.24) is 9.97 Å². The molecule has 118 heavy (non-hydrogen) atoms. The first-order valence-electron chi connectivity index (χ1n) is 40.1. The molecule has 10 heterocycles. The Kier molecular flexibility index (Phi) is 19.3. The number of fused-ring (bicyclic) bond motifs is 1. The van der Waals surface area contributed by atoms with Crippen LogP contribution in [-0.2, 0) is 0 Å². The summed E-state index contributed by atoms with van der Waals surface area (Å²) in [5.41, 5.74) is 43.9. The molecular formula is C116H74N2. The molecule has 0 saturated heterocycles. The van der Waals surface area contributed by atoms with E-state index >= 15 is 0 Å². The molecule has 548 valence electrons. The van der Waals surface area contributed by atoms with Crippen molar-refractivity contribution in [3.8, 4) is 224 Å². The van der Waals surface area contributed by atoms with Crippen molar-refractivity contribution < 1.29 is 0 Å². The van der Waals surface area contributed by atoms with Crippen LogP contribution in [0.1, 0.15) is 11.1 Å². The van der Waals surface area contributed by atoms with Crippen LogP contribution in [-0.4, -0.2) is 9.97 Å². The minimum Gasteiger partial charge on any atom is -0.256 e. The zero-order valence-electron chi connectivity index (χ0n) is 64.6. The van der Waals surface area contributed by atoms with Gasteiger partial charge in [-0.1, -0.05) is 412 Å². The summed E-state index contributed by atoms with van der Waals surface area (Å²) < 4.78 is 0. The van der Waals surface area contributed by atoms with Gasteiger partial charge >= 0.3 is 0 Å². The predicted molar refractivity (Wildman–Crippen MR) is 494 cm³/mol. The topological polar surface area (TPSA) is 25.8 Å². The quantitative estimate of drug-likeness (QED) is 0.141. The predicted octanol–water partition coefficient (Wildman–Crippen LogP) is 30.2. The Morgan fingerprint density at radius 2 is 0.203 bits per heavy atom. The number of nitrogens with zero attached hydrogens (tertiary/aromatic N) is 2. The van der Waals surface area contributed by atoms with Crippen LogP contribution in [0, 0.1) is 23.7 Å². The SMILES string of the molecule is C1#Cc2ccc(cc2)-c2ccc(cc2)-c2ccc(cc2)-c2ccc(cc2)-c2ccc(cc2)-c2ccc(cc2)-c2ccc(cc2)-c2ccc(cc2)-c2ccc(cc2)-c2ccc(cc2)-c2ccc(cc2)C#C1.c1cc2ccc1-c1ccc(cc1)-c1ccc(cc1)-c1ccc(cn1)-c1ccc(cc1)-c1ccc(nc1)-c1ccc(cc1)-c1ccc-2cc1. The lowest BCUT2D eigenvalue weighted by Gasteiger charge is -2.10. The Balaban J connectivity index is 0.000000162. The largest absolute Gasteiger partial charge is 0.256 e. The number of pyridine rings is 2. The fraction of sp³-hybridized carbons (Fsp3) is 0. The molecule has 2 aromatic heterocycles. The van der Waals surface area contributed by atoms with E-state index in [0.29, 0.717) is 0 Å². The van der Waals surface area contributed by atoms with Crippen LogP contribution in [0.2, 0.25) is 0 Å². The molecule has 0 atom stereocenters. The highest BCUT2D eigenvalue weighted by Crippen LogP contribution is 2.38. The Hall–Kier alpha value is -15.8. The van der Waals surface area contributed by atoms with Crippen LogP contribution < -0.4 is 0 Å². The zero-order valence-corrected chi connectivity index (χ0v) is 64.6. The van der Waals surface area contributed by atoms with Gasteiger partial charge in [0.15, 0.2) is 0 Å². The normalized spacial score (nSPS) is 11.2. The van der Waals surface area contributed by atoms with Gasteiger partial charge in [-0.25, -0.2) is 0 Å². The summed E-state index contributed by atoms with van der Waals surface area (Å²) >= 11 is 0. The summed E-state index contributed by atoms with van der Waals surface area (Å²) in [6, 6.07) is 157. The average Bonchev–Trinajstić information content (AvgIpc) is 0.818. The number of hydrogen-bond donors (Lipinski definition) is 0. The summed E-state index contributed by atoms with van der Waals surface area (Å²) in [5.74, 6) is 12.5. The molecule has 2 heteroatoms. The summed E-state index contributed by atoms with van der Waals surface area (Å²) in [4.78, 5) is 9.62. The first kappa shape index (κ1) is 71.2. The van der Waals surface area contributed by atoms with E-state index in [0.717, 1.165) is 67.0 Å². The maximum atomic E-state index is 4.81. The Morgan fingerprint density at radius 1 is 0.102 bits per heavy atom. The van der Waals surface area contributed by atoms with Crippen LogP contribution >= 0.6 is 0 Å². The molecule has 0 radical (unpaired) electrons. The maximum absolute atomic E-state index is 4.81. The lowest BCUT2D eigenvalue weighted by molar-refractivity contribution is 1.32. The molecular weight excluding hydrogens is 1420 g/mol. The van der Waals surface area contributed by atoms with Crippen LogP contribution in [0.3, 0.4) is 0 Å². The fourth-order valence-electron chi connectivity index (χ4n) is 16.0. The van der Waals surface area contributed by atoms with E-state index in [2.05, 4.69) is 460 Å². The molecule has 0 spiro atoms. The summed E-state index contributed by atoms with van der Waals surface area (Å²) in [6.45, 7) is 0. The van der Waals surface area contributed by atoms with E-state index in [1.54, 1.807) is 0 Å². The van der Waals surface area contributed by atoms with Gasteiger partial charge in [-0.05, 0) is 215 Å². The number of hydrogen-bond acceptors (Lipinski definition) is 2. The number of benzene rings is 17. The maximum Gasteiger partial charge on any atom is 0.0702 e. The standard InChI is InChI=1S/C70H44.C46H30N2/c1-2-4-50-7-11-52(12-8-50)54-15-19-56(20-16-54)58-23-27-60(28-24-58)62-31-35-64(36-32-62)66-39-43-68(44-40-66)70-47-45-69(46-48-70)67-41-37-65(38-42-67)63-33-29-61(30-34-63)59-25-21-57(22-26-59)55-17-13-53(14-18-55)51-9-5-49(3-1)6-10-51;1-2-32-4-3-31(1)33-5-9-35(10-6-33)37-17-21-41(22-18-37)45-27-25-43(29-47-45)39-13-15-40(16-14-39)44-26-28-46(48-30-44)42-23-19-38(20-24-42)36-11-7-34(32)8-12-36/h5-48H;1-30H. The van der Waals surface area contributed by atoms with Crippen molar-refractivity contribution >= 4 is 0 Å². The molecule has 17 aromatic carbocycles. The van der Waals surface area contributed by atoms with Crippen molar-refractivity contribution in [3.05, 3.63) is 460 Å². The third-order valence-electron chi connectivity index (χ3n) is 23.0. The van der Waals surface area contributed by atoms with E-state index in [-0.39, 0.29) is 0 Å². The van der Waals surface area contributed by atoms with E-state index < -0.39 is 0 Å². The average molecular weight is 1500 g/mol. The molecule has 58 rings (SSSR count). The molecule has 2 nitrogen and oxygen atoms in total. The summed E-state index contributed by atoms with van der Waals surface area (Å²) in [7, 11) is 0. The molecule has 31 aliphatic carbocycles. The van der Waals surface area contributed by atoms with E-state index in [1.165, 1.54) is 145 Å².